The van der Waals surface area contributed by atoms with E-state index in [2.05, 4.69) is 10.6 Å². The summed E-state index contributed by atoms with van der Waals surface area (Å²) in [5.74, 6) is -0.526. The molecular formula is C23H22N2O2. The van der Waals surface area contributed by atoms with E-state index in [9.17, 15) is 9.59 Å². The zero-order chi connectivity index (χ0) is 19.2. The summed E-state index contributed by atoms with van der Waals surface area (Å²) in [6.07, 6.45) is 0. The van der Waals surface area contributed by atoms with Crippen LogP contribution in [-0.2, 0) is 4.79 Å². The van der Waals surface area contributed by atoms with Crippen LogP contribution in [0.3, 0.4) is 0 Å². The van der Waals surface area contributed by atoms with Gasteiger partial charge in [0.25, 0.3) is 5.91 Å². The van der Waals surface area contributed by atoms with Crippen LogP contribution in [0.25, 0.3) is 11.1 Å². The van der Waals surface area contributed by atoms with Gasteiger partial charge in [-0.05, 0) is 48.7 Å². The number of carbonyl (C=O) groups is 2. The molecule has 0 heterocycles. The fraction of sp³-hybridized carbons (Fsp3) is 0.130. The number of anilines is 1. The lowest BCUT2D eigenvalue weighted by Crippen LogP contribution is -2.33. The van der Waals surface area contributed by atoms with Crippen molar-refractivity contribution in [1.29, 1.82) is 0 Å². The molecular weight excluding hydrogens is 336 g/mol. The fourth-order valence-electron chi connectivity index (χ4n) is 2.86. The van der Waals surface area contributed by atoms with Gasteiger partial charge < -0.3 is 10.6 Å². The largest absolute Gasteiger partial charge is 0.343 e. The third-order valence-electron chi connectivity index (χ3n) is 4.32. The molecule has 136 valence electrons. The summed E-state index contributed by atoms with van der Waals surface area (Å²) in [5.41, 5.74) is 5.54. The first-order chi connectivity index (χ1) is 13.0. The highest BCUT2D eigenvalue weighted by Gasteiger charge is 2.09. The lowest BCUT2D eigenvalue weighted by atomic mass is 10.0. The van der Waals surface area contributed by atoms with Gasteiger partial charge in [-0.3, -0.25) is 9.59 Å². The summed E-state index contributed by atoms with van der Waals surface area (Å²) >= 11 is 0. The van der Waals surface area contributed by atoms with Gasteiger partial charge in [-0.25, -0.2) is 0 Å². The molecule has 0 fully saturated rings. The molecule has 3 rings (SSSR count). The number of carbonyl (C=O) groups excluding carboxylic acids is 2. The van der Waals surface area contributed by atoms with Gasteiger partial charge in [0.15, 0.2) is 0 Å². The maximum atomic E-state index is 12.3. The van der Waals surface area contributed by atoms with Crippen molar-refractivity contribution in [1.82, 2.24) is 5.32 Å². The number of hydrogen-bond donors (Lipinski definition) is 2. The molecule has 0 aromatic heterocycles. The minimum Gasteiger partial charge on any atom is -0.343 e. The van der Waals surface area contributed by atoms with Gasteiger partial charge in [0.1, 0.15) is 0 Å². The van der Waals surface area contributed by atoms with Crippen molar-refractivity contribution in [2.75, 3.05) is 11.9 Å². The molecule has 0 aliphatic carbocycles. The van der Waals surface area contributed by atoms with Gasteiger partial charge in [-0.1, -0.05) is 60.2 Å². The Hall–Kier alpha value is -3.40. The Morgan fingerprint density at radius 3 is 2.15 bits per heavy atom. The lowest BCUT2D eigenvalue weighted by Gasteiger charge is -2.10. The van der Waals surface area contributed by atoms with Crippen LogP contribution in [0.15, 0.2) is 72.8 Å². The molecule has 0 saturated heterocycles. The Morgan fingerprint density at radius 2 is 1.48 bits per heavy atom. The molecule has 0 saturated carbocycles. The van der Waals surface area contributed by atoms with Crippen LogP contribution in [0.5, 0.6) is 0 Å². The van der Waals surface area contributed by atoms with Gasteiger partial charge in [-0.2, -0.15) is 0 Å². The van der Waals surface area contributed by atoms with E-state index >= 15 is 0 Å². The molecule has 3 aromatic rings. The highest BCUT2D eigenvalue weighted by molar-refractivity contribution is 5.99. The van der Waals surface area contributed by atoms with E-state index in [4.69, 9.17) is 0 Å². The smallest absolute Gasteiger partial charge is 0.251 e. The third-order valence-corrected chi connectivity index (χ3v) is 4.32. The van der Waals surface area contributed by atoms with Crippen molar-refractivity contribution in [3.8, 4) is 11.1 Å². The molecule has 2 N–H and O–H groups in total. The molecule has 0 aliphatic heterocycles. The second kappa shape index (κ2) is 8.32. The number of nitrogens with one attached hydrogen (secondary N) is 2. The van der Waals surface area contributed by atoms with E-state index in [0.29, 0.717) is 5.56 Å². The van der Waals surface area contributed by atoms with Crippen LogP contribution in [0.4, 0.5) is 5.69 Å². The van der Waals surface area contributed by atoms with Crippen LogP contribution >= 0.6 is 0 Å². The lowest BCUT2D eigenvalue weighted by molar-refractivity contribution is -0.115. The number of benzene rings is 3. The van der Waals surface area contributed by atoms with Gasteiger partial charge in [0, 0.05) is 11.3 Å². The standard InChI is InChI=1S/C23H22N2O2/c1-16-8-13-21(17(2)14-16)25-22(26)15-24-23(27)20-11-9-19(10-12-20)18-6-4-3-5-7-18/h3-14H,15H2,1-2H3,(H,24,27)(H,25,26). The molecule has 0 spiro atoms. The average Bonchev–Trinajstić information content (AvgIpc) is 2.69. The second-order valence-electron chi connectivity index (χ2n) is 6.49. The predicted octanol–water partition coefficient (Wildman–Crippen LogP) is 4.34. The van der Waals surface area contributed by atoms with Crippen molar-refractivity contribution in [2.24, 2.45) is 0 Å². The molecule has 0 radical (unpaired) electrons. The molecule has 0 bridgehead atoms. The summed E-state index contributed by atoms with van der Waals surface area (Å²) in [4.78, 5) is 24.4. The Bertz CT molecular complexity index is 948. The normalized spacial score (nSPS) is 10.3. The van der Waals surface area contributed by atoms with Crippen molar-refractivity contribution in [2.45, 2.75) is 13.8 Å². The van der Waals surface area contributed by atoms with Gasteiger partial charge in [0.05, 0.1) is 6.54 Å². The van der Waals surface area contributed by atoms with Crippen molar-refractivity contribution in [3.05, 3.63) is 89.5 Å². The summed E-state index contributed by atoms with van der Waals surface area (Å²) in [7, 11) is 0. The number of rotatable bonds is 5. The number of amides is 2. The number of aryl methyl sites for hydroxylation is 2. The maximum absolute atomic E-state index is 12.3. The van der Waals surface area contributed by atoms with E-state index in [-0.39, 0.29) is 18.4 Å². The van der Waals surface area contributed by atoms with E-state index in [0.717, 1.165) is 27.9 Å². The molecule has 4 nitrogen and oxygen atoms in total. The second-order valence-corrected chi connectivity index (χ2v) is 6.49. The third kappa shape index (κ3) is 4.82. The first-order valence-electron chi connectivity index (χ1n) is 8.84. The molecule has 2 amide bonds. The molecule has 0 unspecified atom stereocenters. The molecule has 0 atom stereocenters. The van der Waals surface area contributed by atoms with Crippen LogP contribution in [0.1, 0.15) is 21.5 Å². The summed E-state index contributed by atoms with van der Waals surface area (Å²) in [6, 6.07) is 23.1. The van der Waals surface area contributed by atoms with E-state index in [1.54, 1.807) is 12.1 Å². The van der Waals surface area contributed by atoms with Crippen molar-refractivity contribution >= 4 is 17.5 Å². The van der Waals surface area contributed by atoms with Crippen LogP contribution in [-0.4, -0.2) is 18.4 Å². The first kappa shape index (κ1) is 18.4. The molecule has 3 aromatic carbocycles. The zero-order valence-corrected chi connectivity index (χ0v) is 15.5. The Morgan fingerprint density at radius 1 is 0.815 bits per heavy atom. The van der Waals surface area contributed by atoms with Gasteiger partial charge in [0.2, 0.25) is 5.91 Å². The minimum atomic E-state index is -0.273. The number of hydrogen-bond acceptors (Lipinski definition) is 2. The van der Waals surface area contributed by atoms with Gasteiger partial charge >= 0.3 is 0 Å². The topological polar surface area (TPSA) is 58.2 Å². The Labute approximate surface area is 159 Å². The van der Waals surface area contributed by atoms with E-state index in [1.165, 1.54) is 0 Å². The van der Waals surface area contributed by atoms with Crippen molar-refractivity contribution < 1.29 is 9.59 Å². The van der Waals surface area contributed by atoms with E-state index in [1.807, 2.05) is 74.5 Å². The first-order valence-corrected chi connectivity index (χ1v) is 8.84. The molecule has 4 heteroatoms. The SMILES string of the molecule is Cc1ccc(NC(=O)CNC(=O)c2ccc(-c3ccccc3)cc2)c(C)c1. The highest BCUT2D eigenvalue weighted by Crippen LogP contribution is 2.19. The van der Waals surface area contributed by atoms with Crippen LogP contribution in [0.2, 0.25) is 0 Å². The Balaban J connectivity index is 1.56. The summed E-state index contributed by atoms with van der Waals surface area (Å²) in [5, 5.41) is 5.48. The minimum absolute atomic E-state index is 0.0768. The zero-order valence-electron chi connectivity index (χ0n) is 15.5. The van der Waals surface area contributed by atoms with Crippen LogP contribution in [0, 0.1) is 13.8 Å². The quantitative estimate of drug-likeness (QED) is 0.713. The van der Waals surface area contributed by atoms with Gasteiger partial charge in [-0.15, -0.1) is 0 Å². The molecule has 27 heavy (non-hydrogen) atoms. The fourth-order valence-corrected chi connectivity index (χ4v) is 2.86. The highest BCUT2D eigenvalue weighted by atomic mass is 16.2. The maximum Gasteiger partial charge on any atom is 0.251 e. The monoisotopic (exact) mass is 358 g/mol. The van der Waals surface area contributed by atoms with E-state index < -0.39 is 0 Å². The van der Waals surface area contributed by atoms with Crippen molar-refractivity contribution in [3.63, 3.8) is 0 Å². The Kier molecular flexibility index (Phi) is 5.67. The molecule has 0 aliphatic rings. The summed E-state index contributed by atoms with van der Waals surface area (Å²) in [6.45, 7) is 3.87. The average molecular weight is 358 g/mol. The summed E-state index contributed by atoms with van der Waals surface area (Å²) < 4.78 is 0. The predicted molar refractivity (Wildman–Crippen MR) is 109 cm³/mol. The van der Waals surface area contributed by atoms with Crippen LogP contribution < -0.4 is 10.6 Å².